The van der Waals surface area contributed by atoms with Crippen molar-refractivity contribution in [2.45, 2.75) is 6.42 Å². The van der Waals surface area contributed by atoms with E-state index in [1.54, 1.807) is 37.4 Å². The van der Waals surface area contributed by atoms with Gasteiger partial charge < -0.3 is 20.1 Å². The number of carboxylic acid groups (broad SMARTS) is 1. The van der Waals surface area contributed by atoms with Gasteiger partial charge in [-0.25, -0.2) is 0 Å². The first kappa shape index (κ1) is 19.6. The van der Waals surface area contributed by atoms with Crippen molar-refractivity contribution in [1.82, 2.24) is 5.32 Å². The summed E-state index contributed by atoms with van der Waals surface area (Å²) < 4.78 is 5.09. The van der Waals surface area contributed by atoms with E-state index in [2.05, 4.69) is 5.32 Å². The number of hydrogen-bond acceptors (Lipinski definition) is 4. The molecule has 2 N–H and O–H groups in total. The molecule has 0 spiro atoms. The van der Waals surface area contributed by atoms with Crippen molar-refractivity contribution in [3.8, 4) is 5.75 Å². The molecular weight excluding hydrogens is 356 g/mol. The van der Waals surface area contributed by atoms with Gasteiger partial charge in [-0.2, -0.15) is 0 Å². The Morgan fingerprint density at radius 3 is 2.42 bits per heavy atom. The zero-order chi connectivity index (χ0) is 18.9. The van der Waals surface area contributed by atoms with Crippen molar-refractivity contribution in [1.29, 1.82) is 0 Å². The fourth-order valence-corrected chi connectivity index (χ4v) is 2.69. The van der Waals surface area contributed by atoms with Gasteiger partial charge in [-0.1, -0.05) is 29.8 Å². The Balaban J connectivity index is 1.93. The highest BCUT2D eigenvalue weighted by molar-refractivity contribution is 6.31. The summed E-state index contributed by atoms with van der Waals surface area (Å²) in [6.07, 6.45) is 0.604. The van der Waals surface area contributed by atoms with E-state index in [0.717, 1.165) is 5.56 Å². The number of aliphatic carboxylic acids is 1. The molecule has 0 aliphatic rings. The number of amides is 1. The van der Waals surface area contributed by atoms with Crippen LogP contribution in [0.5, 0.6) is 5.75 Å². The third-order valence-electron chi connectivity index (χ3n) is 3.77. The predicted molar refractivity (Wildman–Crippen MR) is 101 cm³/mol. The molecule has 0 radical (unpaired) electrons. The van der Waals surface area contributed by atoms with Crippen LogP contribution in [0.25, 0.3) is 0 Å². The minimum absolute atomic E-state index is 0.0544. The van der Waals surface area contributed by atoms with Gasteiger partial charge in [0.1, 0.15) is 12.3 Å². The second-order valence-corrected chi connectivity index (χ2v) is 6.05. The van der Waals surface area contributed by atoms with Crippen LogP contribution in [0.15, 0.2) is 48.5 Å². The van der Waals surface area contributed by atoms with Gasteiger partial charge in [0.2, 0.25) is 5.91 Å². The van der Waals surface area contributed by atoms with Crippen molar-refractivity contribution in [2.75, 3.05) is 31.6 Å². The number of carboxylic acids is 1. The number of rotatable bonds is 9. The molecule has 2 aromatic rings. The summed E-state index contributed by atoms with van der Waals surface area (Å²) in [5, 5.41) is 12.6. The van der Waals surface area contributed by atoms with Gasteiger partial charge in [0.25, 0.3) is 0 Å². The van der Waals surface area contributed by atoms with Gasteiger partial charge in [0.05, 0.1) is 13.7 Å². The fourth-order valence-electron chi connectivity index (χ4n) is 2.46. The van der Waals surface area contributed by atoms with Gasteiger partial charge in [-0.05, 0) is 42.3 Å². The highest BCUT2D eigenvalue weighted by atomic mass is 35.5. The molecule has 2 aromatic carbocycles. The van der Waals surface area contributed by atoms with E-state index in [9.17, 15) is 9.59 Å². The summed E-state index contributed by atoms with van der Waals surface area (Å²) in [6, 6.07) is 14.3. The van der Waals surface area contributed by atoms with Gasteiger partial charge >= 0.3 is 5.97 Å². The predicted octanol–water partition coefficient (Wildman–Crippen LogP) is 2.60. The quantitative estimate of drug-likeness (QED) is 0.703. The number of halogens is 1. The summed E-state index contributed by atoms with van der Waals surface area (Å²) in [5.74, 6) is -0.605. The van der Waals surface area contributed by atoms with Crippen LogP contribution in [0.1, 0.15) is 5.56 Å². The number of hydrogen-bond donors (Lipinski definition) is 2. The summed E-state index contributed by atoms with van der Waals surface area (Å²) in [6.45, 7) is 0.0947. The Hall–Kier alpha value is -2.73. The van der Waals surface area contributed by atoms with Gasteiger partial charge in [0, 0.05) is 17.3 Å². The van der Waals surface area contributed by atoms with Crippen LogP contribution in [0.4, 0.5) is 5.69 Å². The molecule has 0 aliphatic heterocycles. The average Bonchev–Trinajstić information content (AvgIpc) is 2.62. The lowest BCUT2D eigenvalue weighted by molar-refractivity contribution is -0.135. The van der Waals surface area contributed by atoms with Crippen LogP contribution in [0.2, 0.25) is 5.02 Å². The molecule has 0 atom stereocenters. The first-order chi connectivity index (χ1) is 12.5. The highest BCUT2D eigenvalue weighted by Gasteiger charge is 2.15. The van der Waals surface area contributed by atoms with Gasteiger partial charge in [0.15, 0.2) is 0 Å². The molecule has 0 saturated heterocycles. The number of nitrogens with one attached hydrogen (secondary N) is 1. The van der Waals surface area contributed by atoms with Crippen molar-refractivity contribution in [3.05, 3.63) is 59.1 Å². The van der Waals surface area contributed by atoms with E-state index in [1.807, 2.05) is 18.2 Å². The summed E-state index contributed by atoms with van der Waals surface area (Å²) in [4.78, 5) is 24.8. The fraction of sp³-hybridized carbons (Fsp3) is 0.263. The zero-order valence-corrected chi connectivity index (χ0v) is 15.2. The van der Waals surface area contributed by atoms with Crippen molar-refractivity contribution in [3.63, 3.8) is 0 Å². The Morgan fingerprint density at radius 1 is 1.12 bits per heavy atom. The Labute approximate surface area is 157 Å². The first-order valence-electron chi connectivity index (χ1n) is 8.10. The molecule has 0 heterocycles. The third-order valence-corrected chi connectivity index (χ3v) is 4.14. The highest BCUT2D eigenvalue weighted by Crippen LogP contribution is 2.19. The minimum atomic E-state index is -1.01. The topological polar surface area (TPSA) is 78.9 Å². The molecule has 138 valence electrons. The Bertz CT molecular complexity index is 749. The van der Waals surface area contributed by atoms with E-state index < -0.39 is 5.97 Å². The van der Waals surface area contributed by atoms with Crippen LogP contribution in [-0.4, -0.2) is 43.7 Å². The molecule has 0 aliphatic carbocycles. The van der Waals surface area contributed by atoms with Gasteiger partial charge in [-0.15, -0.1) is 0 Å². The van der Waals surface area contributed by atoms with E-state index >= 15 is 0 Å². The largest absolute Gasteiger partial charge is 0.497 e. The monoisotopic (exact) mass is 376 g/mol. The van der Waals surface area contributed by atoms with Crippen LogP contribution in [0, 0.1) is 0 Å². The first-order valence-corrected chi connectivity index (χ1v) is 8.48. The number of carbonyl (C=O) groups excluding carboxylic acids is 1. The normalized spacial score (nSPS) is 10.2. The van der Waals surface area contributed by atoms with Crippen LogP contribution in [0.3, 0.4) is 0 Å². The van der Waals surface area contributed by atoms with Crippen LogP contribution < -0.4 is 15.0 Å². The molecule has 2 rings (SSSR count). The number of ether oxygens (including phenoxy) is 1. The second kappa shape index (κ2) is 9.68. The molecule has 0 aromatic heterocycles. The maximum Gasteiger partial charge on any atom is 0.323 e. The molecule has 7 heteroatoms. The van der Waals surface area contributed by atoms with Crippen molar-refractivity contribution < 1.29 is 19.4 Å². The lowest BCUT2D eigenvalue weighted by atomic mass is 10.1. The van der Waals surface area contributed by atoms with E-state index in [-0.39, 0.29) is 19.0 Å². The molecule has 0 saturated carbocycles. The molecule has 6 nitrogen and oxygen atoms in total. The third kappa shape index (κ3) is 5.97. The standard InChI is InChI=1S/C19H21ClN2O4/c1-26-16-8-6-15(7-9-16)22(13-19(24)25)12-18(23)21-11-10-14-4-2-3-5-17(14)20/h2-9H,10-13H2,1H3,(H,21,23)(H,24,25). The summed E-state index contributed by atoms with van der Waals surface area (Å²) in [5.41, 5.74) is 1.58. The number of nitrogens with zero attached hydrogens (tertiary/aromatic N) is 1. The van der Waals surface area contributed by atoms with Crippen molar-refractivity contribution >= 4 is 29.2 Å². The lowest BCUT2D eigenvalue weighted by Gasteiger charge is -2.22. The van der Waals surface area contributed by atoms with Crippen LogP contribution >= 0.6 is 11.6 Å². The maximum atomic E-state index is 12.2. The number of carbonyl (C=O) groups is 2. The smallest absolute Gasteiger partial charge is 0.323 e. The number of benzene rings is 2. The number of methoxy groups -OCH3 is 1. The molecule has 0 unspecified atom stereocenters. The molecule has 0 fully saturated rings. The Kier molecular flexibility index (Phi) is 7.29. The lowest BCUT2D eigenvalue weighted by Crippen LogP contribution is -2.40. The second-order valence-electron chi connectivity index (χ2n) is 5.64. The van der Waals surface area contributed by atoms with E-state index in [0.29, 0.717) is 29.4 Å². The van der Waals surface area contributed by atoms with E-state index in [1.165, 1.54) is 4.90 Å². The minimum Gasteiger partial charge on any atom is -0.497 e. The Morgan fingerprint density at radius 2 is 1.81 bits per heavy atom. The summed E-state index contributed by atoms with van der Waals surface area (Å²) in [7, 11) is 1.55. The van der Waals surface area contributed by atoms with Crippen molar-refractivity contribution in [2.24, 2.45) is 0 Å². The number of anilines is 1. The molecule has 26 heavy (non-hydrogen) atoms. The molecule has 1 amide bonds. The van der Waals surface area contributed by atoms with Gasteiger partial charge in [-0.3, -0.25) is 9.59 Å². The SMILES string of the molecule is COc1ccc(N(CC(=O)O)CC(=O)NCCc2ccccc2Cl)cc1. The summed E-state index contributed by atoms with van der Waals surface area (Å²) >= 11 is 6.09. The van der Waals surface area contributed by atoms with Crippen LogP contribution in [-0.2, 0) is 16.0 Å². The molecular formula is C19H21ClN2O4. The molecule has 0 bridgehead atoms. The zero-order valence-electron chi connectivity index (χ0n) is 14.4. The van der Waals surface area contributed by atoms with E-state index in [4.69, 9.17) is 21.4 Å². The average molecular weight is 377 g/mol. The maximum absolute atomic E-state index is 12.2.